The van der Waals surface area contributed by atoms with Crippen molar-refractivity contribution >= 4 is 11.6 Å². The van der Waals surface area contributed by atoms with Crippen molar-refractivity contribution in [3.63, 3.8) is 0 Å². The summed E-state index contributed by atoms with van der Waals surface area (Å²) < 4.78 is 0. The van der Waals surface area contributed by atoms with E-state index in [1.807, 2.05) is 6.92 Å². The van der Waals surface area contributed by atoms with Crippen molar-refractivity contribution in [1.82, 2.24) is 9.97 Å². The summed E-state index contributed by atoms with van der Waals surface area (Å²) in [6, 6.07) is 0. The van der Waals surface area contributed by atoms with Crippen LogP contribution in [0.3, 0.4) is 0 Å². The van der Waals surface area contributed by atoms with E-state index in [0.29, 0.717) is 5.82 Å². The Morgan fingerprint density at radius 3 is 2.37 bits per heavy atom. The van der Waals surface area contributed by atoms with Crippen molar-refractivity contribution in [3.8, 4) is 0 Å². The van der Waals surface area contributed by atoms with E-state index in [2.05, 4.69) is 50.1 Å². The summed E-state index contributed by atoms with van der Waals surface area (Å²) in [5, 5.41) is 0. The fourth-order valence-corrected chi connectivity index (χ4v) is 1.85. The molecule has 0 aliphatic heterocycles. The number of nitrogens with zero attached hydrogens (tertiary/aromatic N) is 3. The van der Waals surface area contributed by atoms with Crippen LogP contribution in [0.2, 0.25) is 0 Å². The van der Waals surface area contributed by atoms with Gasteiger partial charge in [0.25, 0.3) is 0 Å². The number of hydrogen-bond acceptors (Lipinski definition) is 5. The lowest BCUT2D eigenvalue weighted by Gasteiger charge is -2.25. The molecule has 0 amide bonds. The van der Waals surface area contributed by atoms with Gasteiger partial charge in [0.1, 0.15) is 17.5 Å². The Balaban J connectivity index is 3.21. The van der Waals surface area contributed by atoms with Crippen LogP contribution < -0.4 is 16.2 Å². The van der Waals surface area contributed by atoms with Crippen molar-refractivity contribution < 1.29 is 0 Å². The van der Waals surface area contributed by atoms with Gasteiger partial charge in [-0.15, -0.1) is 0 Å². The van der Waals surface area contributed by atoms with E-state index in [1.165, 1.54) is 6.42 Å². The molecule has 0 fully saturated rings. The van der Waals surface area contributed by atoms with Gasteiger partial charge in [-0.25, -0.2) is 15.8 Å². The number of unbranched alkanes of at least 4 members (excludes halogenated alkanes) is 1. The fourth-order valence-electron chi connectivity index (χ4n) is 1.85. The first-order valence-electron chi connectivity index (χ1n) is 6.88. The lowest BCUT2D eigenvalue weighted by molar-refractivity contribution is 0.544. The lowest BCUT2D eigenvalue weighted by atomic mass is 9.95. The van der Waals surface area contributed by atoms with Crippen LogP contribution in [0.1, 0.15) is 51.9 Å². The van der Waals surface area contributed by atoms with Gasteiger partial charge in [-0.3, -0.25) is 0 Å². The number of nitrogen functional groups attached to an aromatic ring is 1. The molecule has 0 aliphatic carbocycles. The topological polar surface area (TPSA) is 67.1 Å². The molecule has 5 nitrogen and oxygen atoms in total. The van der Waals surface area contributed by atoms with Crippen LogP contribution in [0.4, 0.5) is 11.6 Å². The molecule has 1 heterocycles. The standard InChI is InChI=1S/C14H27N5/c1-7-8-9-19(6)12-10(2)11(18-15)16-13(17-12)14(3,4)5/h7-9,15H2,1-6H3,(H,16,17,18). The van der Waals surface area contributed by atoms with E-state index in [1.54, 1.807) is 0 Å². The van der Waals surface area contributed by atoms with E-state index in [0.717, 1.165) is 30.2 Å². The molecule has 0 spiro atoms. The van der Waals surface area contributed by atoms with E-state index in [-0.39, 0.29) is 5.41 Å². The molecule has 5 heteroatoms. The van der Waals surface area contributed by atoms with Crippen LogP contribution in [0.15, 0.2) is 0 Å². The smallest absolute Gasteiger partial charge is 0.148 e. The monoisotopic (exact) mass is 265 g/mol. The summed E-state index contributed by atoms with van der Waals surface area (Å²) in [6.07, 6.45) is 2.32. The van der Waals surface area contributed by atoms with Gasteiger partial charge in [0.2, 0.25) is 0 Å². The summed E-state index contributed by atoms with van der Waals surface area (Å²) in [6.45, 7) is 11.5. The largest absolute Gasteiger partial charge is 0.359 e. The van der Waals surface area contributed by atoms with Gasteiger partial charge in [0, 0.05) is 24.6 Å². The first-order chi connectivity index (χ1) is 8.81. The third kappa shape index (κ3) is 3.80. The average Bonchev–Trinajstić information content (AvgIpc) is 2.34. The van der Waals surface area contributed by atoms with Crippen LogP contribution in [0.25, 0.3) is 0 Å². The Labute approximate surface area is 116 Å². The molecule has 1 aromatic heterocycles. The zero-order valence-corrected chi connectivity index (χ0v) is 13.0. The molecule has 0 aliphatic rings. The maximum Gasteiger partial charge on any atom is 0.148 e. The highest BCUT2D eigenvalue weighted by Crippen LogP contribution is 2.27. The Hall–Kier alpha value is -1.36. The summed E-state index contributed by atoms with van der Waals surface area (Å²) in [7, 11) is 2.07. The molecule has 1 aromatic rings. The molecule has 0 saturated carbocycles. The molecular formula is C14H27N5. The Kier molecular flexibility index (Phi) is 5.11. The van der Waals surface area contributed by atoms with Gasteiger partial charge >= 0.3 is 0 Å². The molecule has 0 aromatic carbocycles. The highest BCUT2D eigenvalue weighted by molar-refractivity contribution is 5.58. The lowest BCUT2D eigenvalue weighted by Crippen LogP contribution is -2.26. The molecule has 19 heavy (non-hydrogen) atoms. The highest BCUT2D eigenvalue weighted by Gasteiger charge is 2.22. The van der Waals surface area contributed by atoms with Gasteiger partial charge in [-0.2, -0.15) is 0 Å². The molecule has 0 unspecified atom stereocenters. The van der Waals surface area contributed by atoms with Gasteiger partial charge in [-0.05, 0) is 13.3 Å². The molecule has 1 rings (SSSR count). The van der Waals surface area contributed by atoms with Crippen molar-refractivity contribution in [2.45, 2.75) is 52.9 Å². The van der Waals surface area contributed by atoms with Crippen LogP contribution >= 0.6 is 0 Å². The Morgan fingerprint density at radius 2 is 1.89 bits per heavy atom. The fraction of sp³-hybridized carbons (Fsp3) is 0.714. The first-order valence-corrected chi connectivity index (χ1v) is 6.88. The maximum absolute atomic E-state index is 5.57. The Bertz CT molecular complexity index is 423. The Morgan fingerprint density at radius 1 is 1.26 bits per heavy atom. The molecule has 0 saturated heterocycles. The maximum atomic E-state index is 5.57. The number of nitrogens with one attached hydrogen (secondary N) is 1. The zero-order valence-electron chi connectivity index (χ0n) is 13.0. The van der Waals surface area contributed by atoms with Crippen LogP contribution in [-0.2, 0) is 5.41 Å². The van der Waals surface area contributed by atoms with Gasteiger partial charge in [0.15, 0.2) is 0 Å². The quantitative estimate of drug-likeness (QED) is 0.633. The number of anilines is 2. The van der Waals surface area contributed by atoms with Crippen molar-refractivity contribution in [1.29, 1.82) is 0 Å². The van der Waals surface area contributed by atoms with Crippen LogP contribution in [0.5, 0.6) is 0 Å². The second-order valence-corrected chi connectivity index (χ2v) is 6.01. The molecule has 0 atom stereocenters. The minimum absolute atomic E-state index is 0.0976. The average molecular weight is 265 g/mol. The van der Waals surface area contributed by atoms with Crippen LogP contribution in [-0.4, -0.2) is 23.6 Å². The summed E-state index contributed by atoms with van der Waals surface area (Å²) in [5.74, 6) is 8.05. The molecule has 0 radical (unpaired) electrons. The summed E-state index contributed by atoms with van der Waals surface area (Å²) >= 11 is 0. The predicted octanol–water partition coefficient (Wildman–Crippen LogP) is 2.60. The number of hydrazine groups is 1. The van der Waals surface area contributed by atoms with E-state index in [4.69, 9.17) is 10.8 Å². The third-order valence-corrected chi connectivity index (χ3v) is 3.14. The van der Waals surface area contributed by atoms with Crippen molar-refractivity contribution in [2.24, 2.45) is 5.84 Å². The normalized spacial score (nSPS) is 11.5. The number of rotatable bonds is 5. The second-order valence-electron chi connectivity index (χ2n) is 6.01. The van der Waals surface area contributed by atoms with Crippen molar-refractivity contribution in [2.75, 3.05) is 23.9 Å². The minimum Gasteiger partial charge on any atom is -0.359 e. The predicted molar refractivity (Wildman–Crippen MR) is 81.5 cm³/mol. The van der Waals surface area contributed by atoms with E-state index in [9.17, 15) is 0 Å². The molecule has 0 bridgehead atoms. The minimum atomic E-state index is -0.0976. The number of hydrogen-bond donors (Lipinski definition) is 2. The highest BCUT2D eigenvalue weighted by atomic mass is 15.3. The van der Waals surface area contributed by atoms with E-state index < -0.39 is 0 Å². The number of nitrogens with two attached hydrogens (primary N) is 1. The summed E-state index contributed by atoms with van der Waals surface area (Å²) in [5.41, 5.74) is 3.58. The second kappa shape index (κ2) is 6.19. The van der Waals surface area contributed by atoms with Crippen molar-refractivity contribution in [3.05, 3.63) is 11.4 Å². The van der Waals surface area contributed by atoms with Gasteiger partial charge in [0.05, 0.1) is 0 Å². The first kappa shape index (κ1) is 15.7. The van der Waals surface area contributed by atoms with Crippen LogP contribution in [0, 0.1) is 6.92 Å². The molecular weight excluding hydrogens is 238 g/mol. The molecule has 108 valence electrons. The van der Waals surface area contributed by atoms with Gasteiger partial charge < -0.3 is 10.3 Å². The number of aromatic nitrogens is 2. The molecule has 3 N–H and O–H groups in total. The summed E-state index contributed by atoms with van der Waals surface area (Å²) in [4.78, 5) is 11.4. The third-order valence-electron chi connectivity index (χ3n) is 3.14. The van der Waals surface area contributed by atoms with Gasteiger partial charge in [-0.1, -0.05) is 34.1 Å². The van der Waals surface area contributed by atoms with E-state index >= 15 is 0 Å². The zero-order chi connectivity index (χ0) is 14.6. The SMILES string of the molecule is CCCCN(C)c1nc(C(C)(C)C)nc(NN)c1C.